The minimum atomic E-state index is 0.597. The Morgan fingerprint density at radius 2 is 2.27 bits per heavy atom. The Morgan fingerprint density at radius 1 is 1.53 bits per heavy atom. The Morgan fingerprint density at radius 3 is 2.93 bits per heavy atom. The Balaban J connectivity index is 2.71. The molecule has 15 heavy (non-hydrogen) atoms. The number of imidazole rings is 1. The molecule has 0 saturated carbocycles. The molecule has 1 heterocycles. The van der Waals surface area contributed by atoms with Crippen molar-refractivity contribution in [2.24, 2.45) is 7.05 Å². The van der Waals surface area contributed by atoms with Crippen LogP contribution in [-0.2, 0) is 7.05 Å². The number of aromatic amines is 1. The molecule has 0 bridgehead atoms. The smallest absolute Gasteiger partial charge is 0.177 e. The molecule has 3 nitrogen and oxygen atoms in total. The van der Waals surface area contributed by atoms with E-state index < -0.39 is 0 Å². The van der Waals surface area contributed by atoms with Crippen LogP contribution in [0, 0.1) is 4.77 Å². The van der Waals surface area contributed by atoms with Crippen molar-refractivity contribution < 1.29 is 4.74 Å². The van der Waals surface area contributed by atoms with Crippen LogP contribution in [0.1, 0.15) is 6.92 Å². The highest BCUT2D eigenvalue weighted by Crippen LogP contribution is 2.29. The number of aromatic nitrogens is 2. The lowest BCUT2D eigenvalue weighted by molar-refractivity contribution is 0.341. The van der Waals surface area contributed by atoms with Crippen molar-refractivity contribution in [1.29, 1.82) is 0 Å². The van der Waals surface area contributed by atoms with Gasteiger partial charge in [0.25, 0.3) is 0 Å². The minimum Gasteiger partial charge on any atom is -0.492 e. The van der Waals surface area contributed by atoms with Crippen molar-refractivity contribution >= 4 is 34.9 Å². The molecule has 2 aromatic rings. The number of rotatable bonds is 2. The predicted molar refractivity (Wildman–Crippen MR) is 64.3 cm³/mol. The van der Waals surface area contributed by atoms with Gasteiger partial charge in [-0.3, -0.25) is 0 Å². The van der Waals surface area contributed by atoms with Crippen LogP contribution >= 0.6 is 23.8 Å². The standard InChI is InChI=1S/C10H11ClN2OS/c1-3-14-9-5-8-7(4-6(9)11)12-10(15)13(8)2/h4-5H,3H2,1-2H3,(H,12,15). The Kier molecular flexibility index (Phi) is 2.71. The lowest BCUT2D eigenvalue weighted by Gasteiger charge is -2.05. The van der Waals surface area contributed by atoms with Crippen molar-refractivity contribution in [1.82, 2.24) is 9.55 Å². The van der Waals surface area contributed by atoms with Crippen molar-refractivity contribution in [3.63, 3.8) is 0 Å². The number of H-pyrrole nitrogens is 1. The highest BCUT2D eigenvalue weighted by Gasteiger charge is 2.07. The van der Waals surface area contributed by atoms with Gasteiger partial charge in [0.2, 0.25) is 0 Å². The van der Waals surface area contributed by atoms with Crippen LogP contribution in [-0.4, -0.2) is 16.2 Å². The van der Waals surface area contributed by atoms with Gasteiger partial charge in [0.05, 0.1) is 22.7 Å². The summed E-state index contributed by atoms with van der Waals surface area (Å²) in [5.41, 5.74) is 1.92. The van der Waals surface area contributed by atoms with Gasteiger partial charge in [-0.25, -0.2) is 0 Å². The zero-order chi connectivity index (χ0) is 11.0. The molecule has 0 atom stereocenters. The summed E-state index contributed by atoms with van der Waals surface area (Å²) in [6.45, 7) is 2.52. The zero-order valence-electron chi connectivity index (χ0n) is 8.50. The summed E-state index contributed by atoms with van der Waals surface area (Å²) in [5, 5.41) is 0.598. The van der Waals surface area contributed by atoms with Crippen LogP contribution in [0.5, 0.6) is 5.75 Å². The molecule has 0 aliphatic rings. The molecule has 0 aliphatic carbocycles. The molecule has 1 N–H and O–H groups in total. The normalized spacial score (nSPS) is 10.9. The van der Waals surface area contributed by atoms with Gasteiger partial charge in [-0.2, -0.15) is 0 Å². The third-order valence-corrected chi connectivity index (χ3v) is 2.93. The van der Waals surface area contributed by atoms with E-state index in [1.807, 2.05) is 30.7 Å². The number of hydrogen-bond acceptors (Lipinski definition) is 2. The predicted octanol–water partition coefficient (Wildman–Crippen LogP) is 3.29. The summed E-state index contributed by atoms with van der Waals surface area (Å²) in [6.07, 6.45) is 0. The van der Waals surface area contributed by atoms with Crippen molar-refractivity contribution in [3.05, 3.63) is 21.9 Å². The molecule has 80 valence electrons. The van der Waals surface area contributed by atoms with Gasteiger partial charge in [-0.05, 0) is 25.2 Å². The fourth-order valence-corrected chi connectivity index (χ4v) is 1.92. The van der Waals surface area contributed by atoms with E-state index >= 15 is 0 Å². The van der Waals surface area contributed by atoms with Gasteiger partial charge >= 0.3 is 0 Å². The largest absolute Gasteiger partial charge is 0.492 e. The molecule has 1 aromatic carbocycles. The molecule has 1 aromatic heterocycles. The molecule has 2 rings (SSSR count). The number of fused-ring (bicyclic) bond motifs is 1. The molecule has 5 heteroatoms. The van der Waals surface area contributed by atoms with E-state index in [0.29, 0.717) is 22.2 Å². The van der Waals surface area contributed by atoms with Crippen molar-refractivity contribution in [2.45, 2.75) is 6.92 Å². The highest BCUT2D eigenvalue weighted by molar-refractivity contribution is 7.71. The molecule has 0 fully saturated rings. The van der Waals surface area contributed by atoms with Crippen molar-refractivity contribution in [3.8, 4) is 5.75 Å². The van der Waals surface area contributed by atoms with Gasteiger partial charge < -0.3 is 14.3 Å². The van der Waals surface area contributed by atoms with E-state index in [2.05, 4.69) is 4.98 Å². The van der Waals surface area contributed by atoms with Crippen LogP contribution in [0.15, 0.2) is 12.1 Å². The summed E-state index contributed by atoms with van der Waals surface area (Å²) in [7, 11) is 1.91. The lowest BCUT2D eigenvalue weighted by atomic mass is 10.3. The van der Waals surface area contributed by atoms with Gasteiger partial charge in [0.15, 0.2) is 4.77 Å². The highest BCUT2D eigenvalue weighted by atomic mass is 35.5. The van der Waals surface area contributed by atoms with Gasteiger partial charge in [-0.15, -0.1) is 0 Å². The Hall–Kier alpha value is -1.00. The Labute approximate surface area is 97.6 Å². The molecule has 0 saturated heterocycles. The number of ether oxygens (including phenoxy) is 1. The first-order valence-corrected chi connectivity index (χ1v) is 5.43. The van der Waals surface area contributed by atoms with Gasteiger partial charge in [0, 0.05) is 13.1 Å². The van der Waals surface area contributed by atoms with E-state index in [4.69, 9.17) is 28.6 Å². The lowest BCUT2D eigenvalue weighted by Crippen LogP contribution is -1.93. The average Bonchev–Trinajstić information content (AvgIpc) is 2.45. The summed E-state index contributed by atoms with van der Waals surface area (Å²) in [5.74, 6) is 0.691. The number of nitrogens with one attached hydrogen (secondary N) is 1. The van der Waals surface area contributed by atoms with E-state index in [0.717, 1.165) is 11.0 Å². The van der Waals surface area contributed by atoms with E-state index in [1.165, 1.54) is 0 Å². The summed E-state index contributed by atoms with van der Waals surface area (Å²) in [6, 6.07) is 3.73. The van der Waals surface area contributed by atoms with Crippen LogP contribution in [0.4, 0.5) is 0 Å². The fraction of sp³-hybridized carbons (Fsp3) is 0.300. The Bertz CT molecular complexity index is 558. The molecule has 0 radical (unpaired) electrons. The van der Waals surface area contributed by atoms with Gasteiger partial charge in [-0.1, -0.05) is 11.6 Å². The average molecular weight is 243 g/mol. The molecule has 0 aliphatic heterocycles. The maximum atomic E-state index is 6.06. The number of nitrogens with zero attached hydrogens (tertiary/aromatic N) is 1. The molecular formula is C10H11ClN2OS. The maximum Gasteiger partial charge on any atom is 0.177 e. The summed E-state index contributed by atoms with van der Waals surface area (Å²) >= 11 is 11.2. The number of hydrogen-bond donors (Lipinski definition) is 1. The molecular weight excluding hydrogens is 232 g/mol. The third kappa shape index (κ3) is 1.75. The second-order valence-corrected chi connectivity index (χ2v) is 4.02. The first kappa shape index (κ1) is 10.5. The monoisotopic (exact) mass is 242 g/mol. The van der Waals surface area contributed by atoms with E-state index in [-0.39, 0.29) is 0 Å². The van der Waals surface area contributed by atoms with Crippen LogP contribution < -0.4 is 4.74 Å². The summed E-state index contributed by atoms with van der Waals surface area (Å²) < 4.78 is 7.98. The van der Waals surface area contributed by atoms with E-state index in [1.54, 1.807) is 0 Å². The molecule has 0 amide bonds. The zero-order valence-corrected chi connectivity index (χ0v) is 10.1. The first-order chi connectivity index (χ1) is 7.13. The number of benzene rings is 1. The summed E-state index contributed by atoms with van der Waals surface area (Å²) in [4.78, 5) is 3.07. The second kappa shape index (κ2) is 3.87. The van der Waals surface area contributed by atoms with Crippen LogP contribution in [0.2, 0.25) is 5.02 Å². The third-order valence-electron chi connectivity index (χ3n) is 2.26. The van der Waals surface area contributed by atoms with Crippen LogP contribution in [0.25, 0.3) is 11.0 Å². The van der Waals surface area contributed by atoms with Gasteiger partial charge in [0.1, 0.15) is 5.75 Å². The maximum absolute atomic E-state index is 6.06. The van der Waals surface area contributed by atoms with Crippen LogP contribution in [0.3, 0.4) is 0 Å². The molecule has 0 unspecified atom stereocenters. The molecule has 0 spiro atoms. The number of halogens is 1. The second-order valence-electron chi connectivity index (χ2n) is 3.22. The SMILES string of the molecule is CCOc1cc2c(cc1Cl)[nH]c(=S)n2C. The fourth-order valence-electron chi connectivity index (χ4n) is 1.49. The first-order valence-electron chi connectivity index (χ1n) is 4.64. The quantitative estimate of drug-likeness (QED) is 0.819. The van der Waals surface area contributed by atoms with E-state index in [9.17, 15) is 0 Å². The topological polar surface area (TPSA) is 29.9 Å². The minimum absolute atomic E-state index is 0.597. The van der Waals surface area contributed by atoms with Crippen molar-refractivity contribution in [2.75, 3.05) is 6.61 Å². The number of aryl methyl sites for hydroxylation is 1.